The van der Waals surface area contributed by atoms with E-state index in [2.05, 4.69) is 15.3 Å². The van der Waals surface area contributed by atoms with E-state index in [0.717, 1.165) is 11.6 Å². The number of halogens is 2. The second-order valence-electron chi connectivity index (χ2n) is 9.70. The standard InChI is InChI=1S/C25H29F2N7O3/c26-19-4-1-3-18(21(19)27)15-6-7-16(14-33(13-15)23(28)35)30-24(36)32-11-8-17(9-12-32)34-20-5-2-10-29-22(20)31-25(34)37/h1-5,10,15-17H,6-9,11-14H2,(H2,28,35)(H,30,36)(H,29,31,37)/t15-,16-/m1/s1. The number of imidazole rings is 1. The van der Waals surface area contributed by atoms with Crippen molar-refractivity contribution in [3.8, 4) is 0 Å². The quantitative estimate of drug-likeness (QED) is 0.497. The normalized spacial score (nSPS) is 21.1. The number of likely N-dealkylation sites (tertiary alicyclic amines) is 2. The number of pyridine rings is 1. The number of benzene rings is 1. The van der Waals surface area contributed by atoms with Crippen LogP contribution in [0.4, 0.5) is 18.4 Å². The number of aromatic amines is 1. The molecule has 4 amide bonds. The summed E-state index contributed by atoms with van der Waals surface area (Å²) < 4.78 is 29.9. The summed E-state index contributed by atoms with van der Waals surface area (Å²) in [5.74, 6) is -2.30. The third-order valence-corrected chi connectivity index (χ3v) is 7.41. The molecule has 2 aromatic heterocycles. The van der Waals surface area contributed by atoms with E-state index >= 15 is 0 Å². The lowest BCUT2D eigenvalue weighted by atomic mass is 9.93. The van der Waals surface area contributed by atoms with E-state index in [-0.39, 0.29) is 42.5 Å². The first-order valence-corrected chi connectivity index (χ1v) is 12.4. The molecule has 0 spiro atoms. The SMILES string of the molecule is NC(=O)N1C[C@H](NC(=O)N2CCC(n3c(=O)[nH]c4ncccc43)CC2)CC[C@@H](c2cccc(F)c2F)C1. The highest BCUT2D eigenvalue weighted by atomic mass is 19.2. The van der Waals surface area contributed by atoms with Gasteiger partial charge < -0.3 is 20.9 Å². The number of urea groups is 2. The minimum atomic E-state index is -0.938. The zero-order valence-corrected chi connectivity index (χ0v) is 20.2. The Kier molecular flexibility index (Phi) is 6.81. The van der Waals surface area contributed by atoms with Crippen molar-refractivity contribution in [2.75, 3.05) is 26.2 Å². The number of nitrogens with zero attached hydrogens (tertiary/aromatic N) is 4. The molecule has 0 bridgehead atoms. The van der Waals surface area contributed by atoms with Crippen molar-refractivity contribution in [3.05, 3.63) is 64.2 Å². The number of hydrogen-bond acceptors (Lipinski definition) is 4. The molecule has 2 saturated heterocycles. The molecule has 10 nitrogen and oxygen atoms in total. The van der Waals surface area contributed by atoms with Crippen LogP contribution in [0.5, 0.6) is 0 Å². The monoisotopic (exact) mass is 513 g/mol. The first kappa shape index (κ1) is 24.7. The largest absolute Gasteiger partial charge is 0.351 e. The lowest BCUT2D eigenvalue weighted by Crippen LogP contribution is -2.52. The first-order valence-electron chi connectivity index (χ1n) is 12.4. The highest BCUT2D eigenvalue weighted by molar-refractivity contribution is 5.75. The number of fused-ring (bicyclic) bond motifs is 1. The molecule has 37 heavy (non-hydrogen) atoms. The third-order valence-electron chi connectivity index (χ3n) is 7.41. The summed E-state index contributed by atoms with van der Waals surface area (Å²) in [4.78, 5) is 47.6. The van der Waals surface area contributed by atoms with Crippen LogP contribution in [0.25, 0.3) is 11.2 Å². The second kappa shape index (κ2) is 10.2. The molecule has 12 heteroatoms. The van der Waals surface area contributed by atoms with Gasteiger partial charge in [0.25, 0.3) is 0 Å². The summed E-state index contributed by atoms with van der Waals surface area (Å²) in [6.45, 7) is 1.24. The summed E-state index contributed by atoms with van der Waals surface area (Å²) in [7, 11) is 0. The Balaban J connectivity index is 1.22. The van der Waals surface area contributed by atoms with Crippen LogP contribution in [-0.4, -0.2) is 68.6 Å². The number of carbonyl (C=O) groups excluding carboxylic acids is 2. The van der Waals surface area contributed by atoms with E-state index in [1.807, 2.05) is 6.07 Å². The molecule has 0 saturated carbocycles. The fourth-order valence-corrected chi connectivity index (χ4v) is 5.49. The Morgan fingerprint density at radius 1 is 1.03 bits per heavy atom. The minimum absolute atomic E-state index is 0.0559. The van der Waals surface area contributed by atoms with Crippen molar-refractivity contribution in [1.29, 1.82) is 0 Å². The van der Waals surface area contributed by atoms with Gasteiger partial charge in [-0.2, -0.15) is 0 Å². The zero-order chi connectivity index (χ0) is 26.1. The van der Waals surface area contributed by atoms with Gasteiger partial charge in [0.1, 0.15) is 0 Å². The molecule has 196 valence electrons. The highest BCUT2D eigenvalue weighted by Gasteiger charge is 2.32. The van der Waals surface area contributed by atoms with Crippen LogP contribution in [0.15, 0.2) is 41.3 Å². The van der Waals surface area contributed by atoms with Gasteiger partial charge in [-0.15, -0.1) is 0 Å². The van der Waals surface area contributed by atoms with E-state index in [0.29, 0.717) is 44.4 Å². The maximum absolute atomic E-state index is 14.4. The van der Waals surface area contributed by atoms with Gasteiger partial charge in [-0.3, -0.25) is 9.55 Å². The molecule has 4 heterocycles. The summed E-state index contributed by atoms with van der Waals surface area (Å²) in [5, 5.41) is 2.99. The molecule has 2 atom stereocenters. The van der Waals surface area contributed by atoms with Gasteiger partial charge in [-0.1, -0.05) is 12.1 Å². The maximum Gasteiger partial charge on any atom is 0.327 e. The van der Waals surface area contributed by atoms with Crippen molar-refractivity contribution in [1.82, 2.24) is 29.7 Å². The molecule has 2 aliphatic heterocycles. The van der Waals surface area contributed by atoms with Crippen LogP contribution >= 0.6 is 0 Å². The topological polar surface area (TPSA) is 129 Å². The Morgan fingerprint density at radius 2 is 1.81 bits per heavy atom. The van der Waals surface area contributed by atoms with Gasteiger partial charge >= 0.3 is 17.8 Å². The molecule has 3 aromatic rings. The molecule has 2 aliphatic rings. The van der Waals surface area contributed by atoms with Gasteiger partial charge in [-0.25, -0.2) is 28.1 Å². The summed E-state index contributed by atoms with van der Waals surface area (Å²) in [6.07, 6.45) is 3.76. The third kappa shape index (κ3) is 5.00. The maximum atomic E-state index is 14.4. The van der Waals surface area contributed by atoms with Crippen LogP contribution in [0.2, 0.25) is 0 Å². The number of amides is 4. The zero-order valence-electron chi connectivity index (χ0n) is 20.2. The van der Waals surface area contributed by atoms with Crippen LogP contribution in [0.1, 0.15) is 43.2 Å². The highest BCUT2D eigenvalue weighted by Crippen LogP contribution is 2.30. The molecule has 5 rings (SSSR count). The lowest BCUT2D eigenvalue weighted by molar-refractivity contribution is 0.164. The van der Waals surface area contributed by atoms with Crippen molar-refractivity contribution >= 4 is 23.2 Å². The lowest BCUT2D eigenvalue weighted by Gasteiger charge is -2.34. The summed E-state index contributed by atoms with van der Waals surface area (Å²) in [5.41, 5.74) is 6.81. The number of aromatic nitrogens is 3. The molecule has 4 N–H and O–H groups in total. The molecular formula is C25H29F2N7O3. The van der Waals surface area contributed by atoms with Crippen molar-refractivity contribution in [3.63, 3.8) is 0 Å². The smallest absolute Gasteiger partial charge is 0.327 e. The number of nitrogens with two attached hydrogens (primary N) is 1. The van der Waals surface area contributed by atoms with E-state index < -0.39 is 23.6 Å². The van der Waals surface area contributed by atoms with Crippen molar-refractivity contribution < 1.29 is 18.4 Å². The molecule has 0 radical (unpaired) electrons. The Bertz CT molecular complexity index is 1370. The molecule has 0 aliphatic carbocycles. The number of nitrogens with one attached hydrogen (secondary N) is 2. The predicted octanol–water partition coefficient (Wildman–Crippen LogP) is 2.68. The first-order chi connectivity index (χ1) is 17.8. The van der Waals surface area contributed by atoms with E-state index in [1.54, 1.807) is 21.7 Å². The number of H-pyrrole nitrogens is 1. The number of hydrogen-bond donors (Lipinski definition) is 3. The van der Waals surface area contributed by atoms with Crippen molar-refractivity contribution in [2.24, 2.45) is 5.73 Å². The Labute approximate surface area is 211 Å². The number of piperidine rings is 1. The Morgan fingerprint density at radius 3 is 2.57 bits per heavy atom. The van der Waals surface area contributed by atoms with Crippen LogP contribution in [0.3, 0.4) is 0 Å². The van der Waals surface area contributed by atoms with Gasteiger partial charge in [0.15, 0.2) is 17.3 Å². The molecule has 2 fully saturated rings. The number of rotatable bonds is 3. The number of carbonyl (C=O) groups is 2. The summed E-state index contributed by atoms with van der Waals surface area (Å²) >= 11 is 0. The molecular weight excluding hydrogens is 484 g/mol. The van der Waals surface area contributed by atoms with Crippen LogP contribution in [-0.2, 0) is 0 Å². The van der Waals surface area contributed by atoms with Gasteiger partial charge in [0.05, 0.1) is 5.52 Å². The van der Waals surface area contributed by atoms with Crippen LogP contribution < -0.4 is 16.7 Å². The molecule has 0 unspecified atom stereocenters. The van der Waals surface area contributed by atoms with E-state index in [9.17, 15) is 23.2 Å². The van der Waals surface area contributed by atoms with E-state index in [1.165, 1.54) is 17.0 Å². The minimum Gasteiger partial charge on any atom is -0.351 e. The average Bonchev–Trinajstić information content (AvgIpc) is 3.07. The number of primary amides is 1. The average molecular weight is 514 g/mol. The van der Waals surface area contributed by atoms with Crippen LogP contribution in [0, 0.1) is 11.6 Å². The van der Waals surface area contributed by atoms with E-state index in [4.69, 9.17) is 5.73 Å². The fourth-order valence-electron chi connectivity index (χ4n) is 5.49. The molecule has 1 aromatic carbocycles. The fraction of sp³-hybridized carbons (Fsp3) is 0.440. The summed E-state index contributed by atoms with van der Waals surface area (Å²) in [6, 6.07) is 6.25. The van der Waals surface area contributed by atoms with Gasteiger partial charge in [0.2, 0.25) is 0 Å². The Hall–Kier alpha value is -3.96. The second-order valence-corrected chi connectivity index (χ2v) is 9.70. The predicted molar refractivity (Wildman–Crippen MR) is 132 cm³/mol. The van der Waals surface area contributed by atoms with Gasteiger partial charge in [0, 0.05) is 50.4 Å². The van der Waals surface area contributed by atoms with Gasteiger partial charge in [-0.05, 0) is 49.4 Å². The van der Waals surface area contributed by atoms with Crippen molar-refractivity contribution in [2.45, 2.75) is 43.7 Å².